The molecule has 33 heavy (non-hydrogen) atoms. The van der Waals surface area contributed by atoms with Gasteiger partial charge in [-0.15, -0.1) is 0 Å². The molecule has 0 saturated carbocycles. The van der Waals surface area contributed by atoms with E-state index in [1.165, 1.54) is 18.1 Å². The molecular formula is C24H27ClN2O6. The van der Waals surface area contributed by atoms with Gasteiger partial charge in [0.1, 0.15) is 29.1 Å². The highest BCUT2D eigenvalue weighted by atomic mass is 35.5. The Morgan fingerprint density at radius 1 is 1.18 bits per heavy atom. The number of morpholine rings is 1. The molecule has 2 aromatic rings. The number of ketones is 1. The minimum absolute atomic E-state index is 0.0121. The maximum Gasteiger partial charge on any atom is 0.295 e. The second-order valence-electron chi connectivity index (χ2n) is 8.10. The van der Waals surface area contributed by atoms with Crippen molar-refractivity contribution >= 4 is 29.1 Å². The van der Waals surface area contributed by atoms with Crippen LogP contribution in [0.3, 0.4) is 0 Å². The molecule has 1 N–H and O–H groups in total. The Bertz CT molecular complexity index is 1070. The third-order valence-corrected chi connectivity index (χ3v) is 6.27. The first-order chi connectivity index (χ1) is 15.9. The first-order valence-electron chi connectivity index (χ1n) is 10.9. The van der Waals surface area contributed by atoms with Crippen molar-refractivity contribution < 1.29 is 28.6 Å². The van der Waals surface area contributed by atoms with E-state index < -0.39 is 17.7 Å². The highest BCUT2D eigenvalue weighted by Gasteiger charge is 2.47. The Hall–Kier alpha value is -2.81. The number of aliphatic hydroxyl groups excluding tert-OH is 1. The maximum absolute atomic E-state index is 13.1. The van der Waals surface area contributed by atoms with Crippen molar-refractivity contribution in [2.75, 3.05) is 46.5 Å². The number of aliphatic hydroxyl groups is 1. The number of amides is 1. The highest BCUT2D eigenvalue weighted by Crippen LogP contribution is 2.40. The number of likely N-dealkylation sites (tertiary alicyclic amines) is 1. The van der Waals surface area contributed by atoms with Crippen LogP contribution in [0.1, 0.15) is 29.5 Å². The van der Waals surface area contributed by atoms with Gasteiger partial charge in [-0.3, -0.25) is 14.5 Å². The summed E-state index contributed by atoms with van der Waals surface area (Å²) in [7, 11) is 1.49. The van der Waals surface area contributed by atoms with Gasteiger partial charge in [0.15, 0.2) is 0 Å². The van der Waals surface area contributed by atoms with Crippen molar-refractivity contribution in [2.24, 2.45) is 0 Å². The molecule has 2 fully saturated rings. The molecule has 2 saturated heterocycles. The van der Waals surface area contributed by atoms with Crippen LogP contribution < -0.4 is 4.74 Å². The molecule has 0 aliphatic carbocycles. The quantitative estimate of drug-likeness (QED) is 0.373. The summed E-state index contributed by atoms with van der Waals surface area (Å²) in [4.78, 5) is 29.8. The zero-order chi connectivity index (χ0) is 23.5. The summed E-state index contributed by atoms with van der Waals surface area (Å²) >= 11 is 6.22. The lowest BCUT2D eigenvalue weighted by atomic mass is 9.99. The Morgan fingerprint density at radius 3 is 2.58 bits per heavy atom. The van der Waals surface area contributed by atoms with Crippen LogP contribution in [0.15, 0.2) is 40.3 Å². The number of furan rings is 1. The molecule has 176 valence electrons. The lowest BCUT2D eigenvalue weighted by Gasteiger charge is -2.28. The maximum atomic E-state index is 13.1. The number of nitrogens with zero attached hydrogens (tertiary/aromatic N) is 2. The van der Waals surface area contributed by atoms with E-state index in [1.54, 1.807) is 31.2 Å². The normalized spacial score (nSPS) is 21.1. The zero-order valence-electron chi connectivity index (χ0n) is 18.7. The van der Waals surface area contributed by atoms with E-state index in [0.717, 1.165) is 19.6 Å². The molecule has 4 rings (SSSR count). The van der Waals surface area contributed by atoms with Gasteiger partial charge < -0.3 is 23.9 Å². The van der Waals surface area contributed by atoms with Gasteiger partial charge in [0.2, 0.25) is 0 Å². The van der Waals surface area contributed by atoms with Gasteiger partial charge in [0, 0.05) is 31.7 Å². The monoisotopic (exact) mass is 474 g/mol. The van der Waals surface area contributed by atoms with Crippen molar-refractivity contribution in [2.45, 2.75) is 19.4 Å². The summed E-state index contributed by atoms with van der Waals surface area (Å²) in [6, 6.07) is 7.39. The first kappa shape index (κ1) is 23.4. The molecule has 3 heterocycles. The standard InChI is InChI=1S/C24H27ClN2O6/c1-15-4-6-19(33-15)21-20(22(28)16-5-7-18(31-2)17(25)14-16)23(29)24(30)27(21)9-3-8-26-10-12-32-13-11-26/h4-7,14,21,28H,3,8-13H2,1-2H3. The lowest BCUT2D eigenvalue weighted by molar-refractivity contribution is -0.140. The van der Waals surface area contributed by atoms with Gasteiger partial charge in [-0.2, -0.15) is 0 Å². The average Bonchev–Trinajstić information content (AvgIpc) is 3.35. The van der Waals surface area contributed by atoms with Crippen LogP contribution in [-0.2, 0) is 14.3 Å². The summed E-state index contributed by atoms with van der Waals surface area (Å²) in [5, 5.41) is 11.4. The number of carbonyl (C=O) groups is 2. The molecule has 2 aliphatic heterocycles. The molecular weight excluding hydrogens is 448 g/mol. The van der Waals surface area contributed by atoms with Crippen molar-refractivity contribution in [3.8, 4) is 5.75 Å². The van der Waals surface area contributed by atoms with Crippen LogP contribution in [0, 0.1) is 6.92 Å². The van der Waals surface area contributed by atoms with E-state index in [9.17, 15) is 14.7 Å². The molecule has 2 aliphatic rings. The predicted molar refractivity (Wildman–Crippen MR) is 122 cm³/mol. The van der Waals surface area contributed by atoms with Gasteiger partial charge in [0.05, 0.1) is 30.9 Å². The van der Waals surface area contributed by atoms with Gasteiger partial charge in [-0.05, 0) is 43.7 Å². The number of halogens is 1. The fourth-order valence-corrected chi connectivity index (χ4v) is 4.52. The SMILES string of the molecule is COc1ccc(C(O)=C2C(=O)C(=O)N(CCCN3CCOCC3)C2c2ccc(C)o2)cc1Cl. The van der Waals surface area contributed by atoms with E-state index >= 15 is 0 Å². The summed E-state index contributed by atoms with van der Waals surface area (Å²) in [5.74, 6) is -0.180. The number of methoxy groups -OCH3 is 1. The smallest absolute Gasteiger partial charge is 0.295 e. The summed E-state index contributed by atoms with van der Waals surface area (Å²) in [6.07, 6.45) is 0.678. The summed E-state index contributed by atoms with van der Waals surface area (Å²) in [6.45, 7) is 6.01. The van der Waals surface area contributed by atoms with Crippen LogP contribution in [0.4, 0.5) is 0 Å². The molecule has 1 amide bonds. The highest BCUT2D eigenvalue weighted by molar-refractivity contribution is 6.46. The van der Waals surface area contributed by atoms with Crippen LogP contribution in [0.2, 0.25) is 5.02 Å². The van der Waals surface area contributed by atoms with Crippen molar-refractivity contribution in [3.05, 3.63) is 58.0 Å². The summed E-state index contributed by atoms with van der Waals surface area (Å²) < 4.78 is 16.3. The first-order valence-corrected chi connectivity index (χ1v) is 11.3. The molecule has 0 spiro atoms. The lowest BCUT2D eigenvalue weighted by Crippen LogP contribution is -2.38. The predicted octanol–water partition coefficient (Wildman–Crippen LogP) is 3.39. The Kier molecular flexibility index (Phi) is 7.07. The van der Waals surface area contributed by atoms with Gasteiger partial charge >= 0.3 is 0 Å². The number of ether oxygens (including phenoxy) is 2. The van der Waals surface area contributed by atoms with Crippen LogP contribution in [0.25, 0.3) is 5.76 Å². The van der Waals surface area contributed by atoms with Crippen LogP contribution in [-0.4, -0.2) is 73.1 Å². The molecule has 1 unspecified atom stereocenters. The molecule has 9 heteroatoms. The van der Waals surface area contributed by atoms with Gasteiger partial charge in [-0.1, -0.05) is 11.6 Å². The van der Waals surface area contributed by atoms with Crippen molar-refractivity contribution in [3.63, 3.8) is 0 Å². The van der Waals surface area contributed by atoms with Crippen LogP contribution in [0.5, 0.6) is 5.75 Å². The fraction of sp³-hybridized carbons (Fsp3) is 0.417. The van der Waals surface area contributed by atoms with E-state index in [2.05, 4.69) is 4.90 Å². The number of carbonyl (C=O) groups excluding carboxylic acids is 2. The largest absolute Gasteiger partial charge is 0.507 e. The second-order valence-corrected chi connectivity index (χ2v) is 8.50. The van der Waals surface area contributed by atoms with E-state index in [0.29, 0.717) is 49.0 Å². The summed E-state index contributed by atoms with van der Waals surface area (Å²) in [5.41, 5.74) is 0.308. The number of hydrogen-bond acceptors (Lipinski definition) is 7. The van der Waals surface area contributed by atoms with Crippen molar-refractivity contribution in [1.29, 1.82) is 0 Å². The van der Waals surface area contributed by atoms with E-state index in [1.807, 2.05) is 0 Å². The molecule has 0 bridgehead atoms. The Labute approximate surface area is 197 Å². The number of aryl methyl sites for hydroxylation is 1. The van der Waals surface area contributed by atoms with Crippen LogP contribution >= 0.6 is 11.6 Å². The van der Waals surface area contributed by atoms with Crippen molar-refractivity contribution in [1.82, 2.24) is 9.80 Å². The second kappa shape index (κ2) is 9.99. The molecule has 1 aromatic carbocycles. The van der Waals surface area contributed by atoms with Gasteiger partial charge in [-0.25, -0.2) is 0 Å². The number of benzene rings is 1. The molecule has 8 nitrogen and oxygen atoms in total. The minimum Gasteiger partial charge on any atom is -0.507 e. The Morgan fingerprint density at radius 2 is 1.94 bits per heavy atom. The molecule has 1 atom stereocenters. The molecule has 1 aromatic heterocycles. The third-order valence-electron chi connectivity index (χ3n) is 5.97. The average molecular weight is 475 g/mol. The number of Topliss-reactive ketones (excluding diaryl/α,β-unsaturated/α-hetero) is 1. The van der Waals surface area contributed by atoms with E-state index in [4.69, 9.17) is 25.5 Å². The van der Waals surface area contributed by atoms with Gasteiger partial charge in [0.25, 0.3) is 11.7 Å². The van der Waals surface area contributed by atoms with E-state index in [-0.39, 0.29) is 16.4 Å². The minimum atomic E-state index is -0.815. The number of rotatable bonds is 7. The zero-order valence-corrected chi connectivity index (χ0v) is 19.4. The molecule has 0 radical (unpaired) electrons. The fourth-order valence-electron chi connectivity index (χ4n) is 4.27. The third kappa shape index (κ3) is 4.78. The topological polar surface area (TPSA) is 92.5 Å². The number of hydrogen-bond donors (Lipinski definition) is 1. The Balaban J connectivity index is 1.66.